The maximum absolute atomic E-state index is 12.9. The molecule has 0 amide bonds. The lowest BCUT2D eigenvalue weighted by molar-refractivity contribution is -0.0455. The molecule has 0 unspecified atom stereocenters. The van der Waals surface area contributed by atoms with Crippen LogP contribution in [0.3, 0.4) is 0 Å². The number of piperazine rings is 1. The van der Waals surface area contributed by atoms with E-state index in [1.165, 1.54) is 8.61 Å². The van der Waals surface area contributed by atoms with Gasteiger partial charge in [-0.2, -0.15) is 22.0 Å². The third kappa shape index (κ3) is 4.14. The van der Waals surface area contributed by atoms with Crippen LogP contribution in [0, 0.1) is 0 Å². The van der Waals surface area contributed by atoms with Crippen LogP contribution in [0.25, 0.3) is 0 Å². The number of morpholine rings is 1. The highest BCUT2D eigenvalue weighted by molar-refractivity contribution is 7.86. The first-order valence-electron chi connectivity index (χ1n) is 8.21. The molecule has 25 heavy (non-hydrogen) atoms. The van der Waals surface area contributed by atoms with E-state index in [0.29, 0.717) is 45.1 Å². The van der Waals surface area contributed by atoms with Gasteiger partial charge < -0.3 is 15.4 Å². The molecule has 2 aliphatic rings. The zero-order valence-electron chi connectivity index (χ0n) is 14.3. The van der Waals surface area contributed by atoms with Crippen molar-refractivity contribution < 1.29 is 13.2 Å². The van der Waals surface area contributed by atoms with E-state index < -0.39 is 10.2 Å². The standard InChI is InChI=1S/C14H23ClN6O3S/c1-10-8-21(9-11(2)24-10)25(22,23)20-5-3-19(4-6-20)13-7-12(15)17-14(16)18-13/h7,10-11H,3-6,8-9H2,1-2H3,(H2,16,17,18)/t10-,11-/m1/s1. The Morgan fingerprint density at radius 1 is 1.12 bits per heavy atom. The Hall–Kier alpha value is -1.20. The summed E-state index contributed by atoms with van der Waals surface area (Å²) >= 11 is 5.92. The van der Waals surface area contributed by atoms with Gasteiger partial charge in [0.1, 0.15) is 11.0 Å². The van der Waals surface area contributed by atoms with Crippen molar-refractivity contribution in [3.05, 3.63) is 11.2 Å². The number of rotatable bonds is 3. The molecule has 0 bridgehead atoms. The molecule has 1 aromatic heterocycles. The summed E-state index contributed by atoms with van der Waals surface area (Å²) in [6, 6.07) is 1.63. The topological polar surface area (TPSA) is 105 Å². The lowest BCUT2D eigenvalue weighted by Gasteiger charge is -2.40. The summed E-state index contributed by atoms with van der Waals surface area (Å²) in [5.74, 6) is 0.719. The van der Waals surface area contributed by atoms with E-state index in [0.717, 1.165) is 0 Å². The van der Waals surface area contributed by atoms with Crippen LogP contribution in [0.2, 0.25) is 5.15 Å². The fourth-order valence-electron chi connectivity index (χ4n) is 3.22. The normalized spacial score (nSPS) is 26.8. The van der Waals surface area contributed by atoms with E-state index in [9.17, 15) is 8.42 Å². The van der Waals surface area contributed by atoms with Gasteiger partial charge in [0.25, 0.3) is 10.2 Å². The van der Waals surface area contributed by atoms with Crippen molar-refractivity contribution in [2.75, 3.05) is 49.9 Å². The number of ether oxygens (including phenoxy) is 1. The molecule has 0 saturated carbocycles. The second kappa shape index (κ2) is 7.20. The second-order valence-electron chi connectivity index (χ2n) is 6.38. The van der Waals surface area contributed by atoms with Gasteiger partial charge in [-0.15, -0.1) is 0 Å². The van der Waals surface area contributed by atoms with E-state index in [1.807, 2.05) is 18.7 Å². The Balaban J connectivity index is 1.67. The lowest BCUT2D eigenvalue weighted by Crippen LogP contribution is -2.57. The van der Waals surface area contributed by atoms with Crippen molar-refractivity contribution in [3.8, 4) is 0 Å². The quantitative estimate of drug-likeness (QED) is 0.734. The first-order valence-corrected chi connectivity index (χ1v) is 9.99. The van der Waals surface area contributed by atoms with Gasteiger partial charge >= 0.3 is 0 Å². The predicted molar refractivity (Wildman–Crippen MR) is 95.7 cm³/mol. The summed E-state index contributed by atoms with van der Waals surface area (Å²) in [7, 11) is -3.50. The number of nitrogens with zero attached hydrogens (tertiary/aromatic N) is 5. The molecule has 2 aliphatic heterocycles. The first kappa shape index (κ1) is 18.6. The van der Waals surface area contributed by atoms with Crippen LogP contribution in [-0.4, -0.2) is 78.5 Å². The van der Waals surface area contributed by atoms with Gasteiger partial charge in [0, 0.05) is 45.3 Å². The highest BCUT2D eigenvalue weighted by atomic mass is 35.5. The molecule has 2 saturated heterocycles. The molecule has 140 valence electrons. The Morgan fingerprint density at radius 3 is 2.28 bits per heavy atom. The third-order valence-electron chi connectivity index (χ3n) is 4.30. The van der Waals surface area contributed by atoms with Crippen molar-refractivity contribution in [2.24, 2.45) is 0 Å². The molecular weight excluding hydrogens is 368 g/mol. The molecule has 0 spiro atoms. The molecule has 2 fully saturated rings. The van der Waals surface area contributed by atoms with Gasteiger partial charge in [0.05, 0.1) is 12.2 Å². The zero-order chi connectivity index (χ0) is 18.2. The average molecular weight is 391 g/mol. The third-order valence-corrected chi connectivity index (χ3v) is 6.46. The van der Waals surface area contributed by atoms with Crippen LogP contribution < -0.4 is 10.6 Å². The predicted octanol–water partition coefficient (Wildman–Crippen LogP) is 0.188. The Morgan fingerprint density at radius 2 is 1.72 bits per heavy atom. The fourth-order valence-corrected chi connectivity index (χ4v) is 5.15. The minimum absolute atomic E-state index is 0.105. The molecule has 2 N–H and O–H groups in total. The highest BCUT2D eigenvalue weighted by Crippen LogP contribution is 2.22. The molecular formula is C14H23ClN6O3S. The van der Waals surface area contributed by atoms with Crippen LogP contribution in [0.1, 0.15) is 13.8 Å². The molecule has 0 aliphatic carbocycles. The van der Waals surface area contributed by atoms with E-state index in [-0.39, 0.29) is 23.3 Å². The number of nitrogens with two attached hydrogens (primary N) is 1. The summed E-state index contributed by atoms with van der Waals surface area (Å²) in [5.41, 5.74) is 5.63. The van der Waals surface area contributed by atoms with Crippen molar-refractivity contribution in [2.45, 2.75) is 26.1 Å². The molecule has 0 aromatic carbocycles. The summed E-state index contributed by atoms with van der Waals surface area (Å²) in [6.45, 7) is 6.32. The van der Waals surface area contributed by atoms with Crippen molar-refractivity contribution >= 4 is 33.6 Å². The van der Waals surface area contributed by atoms with Crippen molar-refractivity contribution in [1.29, 1.82) is 0 Å². The van der Waals surface area contributed by atoms with E-state index in [1.54, 1.807) is 6.07 Å². The Labute approximate surface area is 152 Å². The molecule has 3 heterocycles. The van der Waals surface area contributed by atoms with E-state index in [4.69, 9.17) is 22.1 Å². The minimum atomic E-state index is -3.50. The molecule has 3 rings (SSSR count). The number of aromatic nitrogens is 2. The smallest absolute Gasteiger partial charge is 0.282 e. The Kier molecular flexibility index (Phi) is 5.35. The second-order valence-corrected chi connectivity index (χ2v) is 8.69. The number of anilines is 2. The largest absolute Gasteiger partial charge is 0.373 e. The summed E-state index contributed by atoms with van der Waals surface area (Å²) in [5, 5.41) is 0.272. The molecule has 2 atom stereocenters. The number of nitrogen functional groups attached to an aromatic ring is 1. The Bertz CT molecular complexity index is 695. The van der Waals surface area contributed by atoms with Crippen molar-refractivity contribution in [1.82, 2.24) is 18.6 Å². The van der Waals surface area contributed by atoms with Gasteiger partial charge in [-0.3, -0.25) is 0 Å². The number of halogens is 1. The van der Waals surface area contributed by atoms with Crippen LogP contribution in [0.5, 0.6) is 0 Å². The SMILES string of the molecule is C[C@@H]1CN(S(=O)(=O)N2CCN(c3cc(Cl)nc(N)n3)CC2)C[C@@H](C)O1. The average Bonchev–Trinajstić information content (AvgIpc) is 2.53. The number of hydrogen-bond donors (Lipinski definition) is 1. The van der Waals surface area contributed by atoms with Crippen LogP contribution in [0.4, 0.5) is 11.8 Å². The van der Waals surface area contributed by atoms with Crippen molar-refractivity contribution in [3.63, 3.8) is 0 Å². The molecule has 11 heteroatoms. The maximum atomic E-state index is 12.9. The van der Waals surface area contributed by atoms with Gasteiger partial charge in [0.2, 0.25) is 5.95 Å². The lowest BCUT2D eigenvalue weighted by atomic mass is 10.3. The van der Waals surface area contributed by atoms with Crippen LogP contribution in [-0.2, 0) is 14.9 Å². The molecule has 9 nitrogen and oxygen atoms in total. The summed E-state index contributed by atoms with van der Waals surface area (Å²) in [4.78, 5) is 9.97. The fraction of sp³-hybridized carbons (Fsp3) is 0.714. The number of hydrogen-bond acceptors (Lipinski definition) is 7. The van der Waals surface area contributed by atoms with Gasteiger partial charge in [-0.05, 0) is 13.8 Å². The monoisotopic (exact) mass is 390 g/mol. The van der Waals surface area contributed by atoms with Crippen LogP contribution >= 0.6 is 11.6 Å². The van der Waals surface area contributed by atoms with Gasteiger partial charge in [0.15, 0.2) is 0 Å². The molecule has 1 aromatic rings. The first-order chi connectivity index (χ1) is 11.8. The highest BCUT2D eigenvalue weighted by Gasteiger charge is 2.36. The van der Waals surface area contributed by atoms with E-state index in [2.05, 4.69) is 9.97 Å². The minimum Gasteiger partial charge on any atom is -0.373 e. The summed E-state index contributed by atoms with van der Waals surface area (Å²) < 4.78 is 34.4. The van der Waals surface area contributed by atoms with Gasteiger partial charge in [-0.25, -0.2) is 4.98 Å². The zero-order valence-corrected chi connectivity index (χ0v) is 15.9. The van der Waals surface area contributed by atoms with E-state index >= 15 is 0 Å². The molecule has 0 radical (unpaired) electrons. The van der Waals surface area contributed by atoms with Gasteiger partial charge in [-0.1, -0.05) is 11.6 Å². The maximum Gasteiger partial charge on any atom is 0.282 e. The summed E-state index contributed by atoms with van der Waals surface area (Å²) in [6.07, 6.45) is -0.211. The van der Waals surface area contributed by atoms with Crippen LogP contribution in [0.15, 0.2) is 6.07 Å².